The van der Waals surface area contributed by atoms with Gasteiger partial charge in [-0.05, 0) is 66.1 Å². The average molecular weight is 458 g/mol. The average Bonchev–Trinajstić information content (AvgIpc) is 2.88. The van der Waals surface area contributed by atoms with E-state index in [1.54, 1.807) is 24.5 Å². The highest BCUT2D eigenvalue weighted by molar-refractivity contribution is 5.94. The van der Waals surface area contributed by atoms with Gasteiger partial charge in [-0.1, -0.05) is 31.2 Å². The fourth-order valence-electron chi connectivity index (χ4n) is 3.15. The van der Waals surface area contributed by atoms with E-state index in [9.17, 15) is 9.18 Å². The van der Waals surface area contributed by atoms with E-state index in [2.05, 4.69) is 22.2 Å². The van der Waals surface area contributed by atoms with Crippen molar-refractivity contribution in [2.75, 3.05) is 6.61 Å². The molecule has 0 aliphatic carbocycles. The highest BCUT2D eigenvalue weighted by Gasteiger charge is 2.08. The zero-order valence-electron chi connectivity index (χ0n) is 18.7. The molecule has 3 aromatic carbocycles. The van der Waals surface area contributed by atoms with Gasteiger partial charge in [0.15, 0.2) is 0 Å². The van der Waals surface area contributed by atoms with Crippen LogP contribution in [0.1, 0.15) is 29.3 Å². The molecule has 4 rings (SSSR count). The number of nitrogens with one attached hydrogen (secondary N) is 1. The molecule has 1 N–H and O–H groups in total. The maximum absolute atomic E-state index is 13.0. The van der Waals surface area contributed by atoms with Crippen LogP contribution in [0.15, 0.2) is 85.2 Å². The largest absolute Gasteiger partial charge is 0.494 e. The summed E-state index contributed by atoms with van der Waals surface area (Å²) in [6.07, 6.45) is 4.23. The normalized spacial score (nSPS) is 10.5. The second-order valence-corrected chi connectivity index (χ2v) is 7.56. The molecule has 4 aromatic rings. The zero-order chi connectivity index (χ0) is 23.8. The molecule has 0 saturated heterocycles. The van der Waals surface area contributed by atoms with Crippen LogP contribution in [0, 0.1) is 5.82 Å². The first-order valence-corrected chi connectivity index (χ1v) is 11.0. The standard InChI is InChI=1S/C27H24FN3O3/c1-2-15-33-24-11-3-19(4-12-24)16-29-26(32)21-7-5-20(6-8-21)22-17-30-27(31-18-22)34-25-13-9-23(28)10-14-25/h3-14,17-18H,2,15-16H2,1H3,(H,29,32). The van der Waals surface area contributed by atoms with Crippen molar-refractivity contribution in [3.63, 3.8) is 0 Å². The summed E-state index contributed by atoms with van der Waals surface area (Å²) in [7, 11) is 0. The Labute approximate surface area is 197 Å². The molecule has 6 nitrogen and oxygen atoms in total. The van der Waals surface area contributed by atoms with Crippen molar-refractivity contribution in [1.82, 2.24) is 15.3 Å². The second-order valence-electron chi connectivity index (χ2n) is 7.56. The molecular formula is C27H24FN3O3. The van der Waals surface area contributed by atoms with E-state index in [-0.39, 0.29) is 17.7 Å². The van der Waals surface area contributed by atoms with Crippen LogP contribution >= 0.6 is 0 Å². The van der Waals surface area contributed by atoms with Crippen molar-refractivity contribution in [1.29, 1.82) is 0 Å². The number of hydrogen-bond donors (Lipinski definition) is 1. The van der Waals surface area contributed by atoms with Gasteiger partial charge >= 0.3 is 6.01 Å². The molecular weight excluding hydrogens is 433 g/mol. The van der Waals surface area contributed by atoms with Gasteiger partial charge in [0.25, 0.3) is 5.91 Å². The predicted octanol–water partition coefficient (Wildman–Crippen LogP) is 5.79. The highest BCUT2D eigenvalue weighted by Crippen LogP contribution is 2.22. The SMILES string of the molecule is CCCOc1ccc(CNC(=O)c2ccc(-c3cnc(Oc4ccc(F)cc4)nc3)cc2)cc1. The molecule has 34 heavy (non-hydrogen) atoms. The number of ether oxygens (including phenoxy) is 2. The summed E-state index contributed by atoms with van der Waals surface area (Å²) in [6, 6.07) is 20.7. The zero-order valence-corrected chi connectivity index (χ0v) is 18.7. The fraction of sp³-hybridized carbons (Fsp3) is 0.148. The Bertz CT molecular complexity index is 1210. The summed E-state index contributed by atoms with van der Waals surface area (Å²) in [5.74, 6) is 0.779. The third kappa shape index (κ3) is 6.16. The molecule has 0 atom stereocenters. The van der Waals surface area contributed by atoms with Crippen LogP contribution in [0.4, 0.5) is 4.39 Å². The summed E-state index contributed by atoms with van der Waals surface area (Å²) in [4.78, 5) is 20.9. The van der Waals surface area contributed by atoms with Crippen LogP contribution in [0.5, 0.6) is 17.5 Å². The lowest BCUT2D eigenvalue weighted by Crippen LogP contribution is -2.22. The molecule has 0 radical (unpaired) electrons. The summed E-state index contributed by atoms with van der Waals surface area (Å²) in [5, 5.41) is 2.93. The minimum atomic E-state index is -0.340. The molecule has 0 aliphatic heterocycles. The molecule has 0 saturated carbocycles. The quantitative estimate of drug-likeness (QED) is 0.344. The lowest BCUT2D eigenvalue weighted by molar-refractivity contribution is 0.0951. The Kier molecular flexibility index (Phi) is 7.45. The van der Waals surface area contributed by atoms with Gasteiger partial charge in [-0.25, -0.2) is 14.4 Å². The predicted molar refractivity (Wildman–Crippen MR) is 127 cm³/mol. The number of carbonyl (C=O) groups excluding carboxylic acids is 1. The van der Waals surface area contributed by atoms with Gasteiger partial charge in [0.05, 0.1) is 6.61 Å². The molecule has 1 heterocycles. The van der Waals surface area contributed by atoms with Crippen molar-refractivity contribution < 1.29 is 18.7 Å². The Morgan fingerprint density at radius 3 is 2.15 bits per heavy atom. The van der Waals surface area contributed by atoms with E-state index < -0.39 is 0 Å². The topological polar surface area (TPSA) is 73.3 Å². The van der Waals surface area contributed by atoms with Crippen LogP contribution in [-0.2, 0) is 6.54 Å². The number of nitrogens with zero attached hydrogens (tertiary/aromatic N) is 2. The van der Waals surface area contributed by atoms with E-state index in [1.165, 1.54) is 24.3 Å². The number of carbonyl (C=O) groups is 1. The van der Waals surface area contributed by atoms with Crippen molar-refractivity contribution >= 4 is 5.91 Å². The molecule has 172 valence electrons. The molecule has 0 spiro atoms. The van der Waals surface area contributed by atoms with Gasteiger partial charge in [0, 0.05) is 30.1 Å². The lowest BCUT2D eigenvalue weighted by atomic mass is 10.1. The van der Waals surface area contributed by atoms with Crippen molar-refractivity contribution in [2.24, 2.45) is 0 Å². The highest BCUT2D eigenvalue weighted by atomic mass is 19.1. The van der Waals surface area contributed by atoms with Crippen LogP contribution in [-0.4, -0.2) is 22.5 Å². The number of halogens is 1. The molecule has 0 aliphatic rings. The van der Waals surface area contributed by atoms with E-state index in [4.69, 9.17) is 9.47 Å². The van der Waals surface area contributed by atoms with Crippen LogP contribution < -0.4 is 14.8 Å². The molecule has 0 fully saturated rings. The first kappa shape index (κ1) is 22.9. The molecule has 0 unspecified atom stereocenters. The maximum atomic E-state index is 13.0. The minimum Gasteiger partial charge on any atom is -0.494 e. The Morgan fingerprint density at radius 2 is 1.50 bits per heavy atom. The summed E-state index contributed by atoms with van der Waals surface area (Å²) < 4.78 is 24.1. The van der Waals surface area contributed by atoms with Crippen molar-refractivity contribution in [3.05, 3.63) is 102 Å². The van der Waals surface area contributed by atoms with E-state index in [1.807, 2.05) is 36.4 Å². The number of aromatic nitrogens is 2. The first-order chi connectivity index (χ1) is 16.6. The number of rotatable bonds is 9. The van der Waals surface area contributed by atoms with E-state index >= 15 is 0 Å². The van der Waals surface area contributed by atoms with Crippen molar-refractivity contribution in [2.45, 2.75) is 19.9 Å². The van der Waals surface area contributed by atoms with Gasteiger partial charge in [0.1, 0.15) is 17.3 Å². The fourth-order valence-corrected chi connectivity index (χ4v) is 3.15. The summed E-state index contributed by atoms with van der Waals surface area (Å²) in [6.45, 7) is 3.18. The van der Waals surface area contributed by atoms with Gasteiger partial charge in [-0.2, -0.15) is 0 Å². The second kappa shape index (κ2) is 11.0. The van der Waals surface area contributed by atoms with Crippen molar-refractivity contribution in [3.8, 4) is 28.6 Å². The van der Waals surface area contributed by atoms with E-state index in [0.29, 0.717) is 24.5 Å². The first-order valence-electron chi connectivity index (χ1n) is 11.0. The number of hydrogen-bond acceptors (Lipinski definition) is 5. The van der Waals surface area contributed by atoms with Crippen LogP contribution in [0.3, 0.4) is 0 Å². The monoisotopic (exact) mass is 457 g/mol. The lowest BCUT2D eigenvalue weighted by Gasteiger charge is -2.08. The molecule has 1 aromatic heterocycles. The van der Waals surface area contributed by atoms with E-state index in [0.717, 1.165) is 28.9 Å². The minimum absolute atomic E-state index is 0.155. The summed E-state index contributed by atoms with van der Waals surface area (Å²) >= 11 is 0. The summed E-state index contributed by atoms with van der Waals surface area (Å²) in [5.41, 5.74) is 3.20. The van der Waals surface area contributed by atoms with Crippen LogP contribution in [0.2, 0.25) is 0 Å². The Balaban J connectivity index is 1.32. The number of amides is 1. The molecule has 1 amide bonds. The third-order valence-corrected chi connectivity index (χ3v) is 4.98. The van der Waals surface area contributed by atoms with Gasteiger partial charge in [0.2, 0.25) is 0 Å². The molecule has 7 heteroatoms. The Hall–Kier alpha value is -4.26. The van der Waals surface area contributed by atoms with Crippen LogP contribution in [0.25, 0.3) is 11.1 Å². The molecule has 0 bridgehead atoms. The van der Waals surface area contributed by atoms with Gasteiger partial charge < -0.3 is 14.8 Å². The van der Waals surface area contributed by atoms with Gasteiger partial charge in [-0.3, -0.25) is 4.79 Å². The maximum Gasteiger partial charge on any atom is 0.321 e. The number of benzene rings is 3. The van der Waals surface area contributed by atoms with Gasteiger partial charge in [-0.15, -0.1) is 0 Å². The third-order valence-electron chi connectivity index (χ3n) is 4.98. The smallest absolute Gasteiger partial charge is 0.321 e. The Morgan fingerprint density at radius 1 is 0.853 bits per heavy atom.